The van der Waals surface area contributed by atoms with Crippen LogP contribution in [0.3, 0.4) is 0 Å². The van der Waals surface area contributed by atoms with Gasteiger partial charge in [-0.2, -0.15) is 0 Å². The molecule has 0 radical (unpaired) electrons. The van der Waals surface area contributed by atoms with Crippen molar-refractivity contribution >= 4 is 0 Å². The van der Waals surface area contributed by atoms with Crippen molar-refractivity contribution in [1.82, 2.24) is 10.3 Å². The fraction of sp³-hybridized carbons (Fsp3) is 0.615. The maximum atomic E-state index is 5.61. The molecule has 0 bridgehead atoms. The highest BCUT2D eigenvalue weighted by molar-refractivity contribution is 5.20. The summed E-state index contributed by atoms with van der Waals surface area (Å²) in [6.07, 6.45) is 2.60. The number of aromatic nitrogens is 1. The molecule has 4 heteroatoms. The van der Waals surface area contributed by atoms with E-state index in [0.717, 1.165) is 13.0 Å². The molecule has 1 N–H and O–H groups in total. The zero-order valence-electron chi connectivity index (χ0n) is 11.1. The van der Waals surface area contributed by atoms with Crippen LogP contribution in [0.2, 0.25) is 0 Å². The Morgan fingerprint density at radius 2 is 2.18 bits per heavy atom. The number of hydrogen-bond donors (Lipinski definition) is 1. The Morgan fingerprint density at radius 3 is 2.82 bits per heavy atom. The molecule has 0 saturated heterocycles. The van der Waals surface area contributed by atoms with Crippen molar-refractivity contribution in [2.24, 2.45) is 0 Å². The first-order valence-corrected chi connectivity index (χ1v) is 5.85. The van der Waals surface area contributed by atoms with E-state index in [-0.39, 0.29) is 5.60 Å². The quantitative estimate of drug-likeness (QED) is 0.789. The van der Waals surface area contributed by atoms with Crippen molar-refractivity contribution in [2.45, 2.75) is 32.4 Å². The topological polar surface area (TPSA) is 43.4 Å². The Morgan fingerprint density at radius 1 is 1.41 bits per heavy atom. The minimum atomic E-state index is -0.150. The molecule has 0 spiro atoms. The van der Waals surface area contributed by atoms with Crippen LogP contribution in [-0.2, 0) is 11.3 Å². The molecular weight excluding hydrogens is 216 g/mol. The molecule has 4 nitrogen and oxygen atoms in total. The van der Waals surface area contributed by atoms with Crippen LogP contribution in [0.25, 0.3) is 0 Å². The summed E-state index contributed by atoms with van der Waals surface area (Å²) in [4.78, 5) is 4.18. The summed E-state index contributed by atoms with van der Waals surface area (Å²) in [6.45, 7) is 5.52. The molecule has 1 rings (SSSR count). The SMILES string of the molecule is CNCc1ccnc(OCCC(C)(C)OC)c1. The van der Waals surface area contributed by atoms with Crippen molar-refractivity contribution in [2.75, 3.05) is 20.8 Å². The Labute approximate surface area is 103 Å². The Balaban J connectivity index is 2.44. The number of ether oxygens (including phenoxy) is 2. The summed E-state index contributed by atoms with van der Waals surface area (Å²) in [5, 5.41) is 3.10. The average Bonchev–Trinajstić information content (AvgIpc) is 2.30. The van der Waals surface area contributed by atoms with Gasteiger partial charge in [-0.15, -0.1) is 0 Å². The Bertz CT molecular complexity index is 340. The van der Waals surface area contributed by atoms with Gasteiger partial charge in [-0.3, -0.25) is 0 Å². The van der Waals surface area contributed by atoms with Gasteiger partial charge in [0.1, 0.15) is 0 Å². The third-order valence-corrected chi connectivity index (χ3v) is 2.69. The predicted molar refractivity (Wildman–Crippen MR) is 68.2 cm³/mol. The fourth-order valence-electron chi connectivity index (χ4n) is 1.35. The van der Waals surface area contributed by atoms with Crippen LogP contribution in [0, 0.1) is 0 Å². The molecule has 0 fully saturated rings. The minimum Gasteiger partial charge on any atom is -0.478 e. The average molecular weight is 238 g/mol. The smallest absolute Gasteiger partial charge is 0.213 e. The fourth-order valence-corrected chi connectivity index (χ4v) is 1.35. The lowest BCUT2D eigenvalue weighted by Crippen LogP contribution is -2.25. The molecule has 0 unspecified atom stereocenters. The molecule has 0 amide bonds. The number of nitrogens with one attached hydrogen (secondary N) is 1. The van der Waals surface area contributed by atoms with E-state index in [9.17, 15) is 0 Å². The normalized spacial score (nSPS) is 11.5. The van der Waals surface area contributed by atoms with E-state index in [0.29, 0.717) is 12.5 Å². The number of nitrogens with zero attached hydrogens (tertiary/aromatic N) is 1. The molecule has 17 heavy (non-hydrogen) atoms. The van der Waals surface area contributed by atoms with E-state index in [1.165, 1.54) is 5.56 Å². The van der Waals surface area contributed by atoms with E-state index in [1.807, 2.05) is 33.0 Å². The molecule has 0 saturated carbocycles. The number of pyridine rings is 1. The second-order valence-corrected chi connectivity index (χ2v) is 4.59. The second kappa shape index (κ2) is 6.57. The summed E-state index contributed by atoms with van der Waals surface area (Å²) in [7, 11) is 3.63. The van der Waals surface area contributed by atoms with Gasteiger partial charge in [-0.25, -0.2) is 4.98 Å². The predicted octanol–water partition coefficient (Wildman–Crippen LogP) is 1.99. The summed E-state index contributed by atoms with van der Waals surface area (Å²) in [5.41, 5.74) is 1.02. The van der Waals surface area contributed by atoms with Crippen molar-refractivity contribution in [3.63, 3.8) is 0 Å². The lowest BCUT2D eigenvalue weighted by atomic mass is 10.1. The van der Waals surface area contributed by atoms with Gasteiger partial charge in [0.25, 0.3) is 0 Å². The number of rotatable bonds is 7. The summed E-state index contributed by atoms with van der Waals surface area (Å²) in [5.74, 6) is 0.671. The summed E-state index contributed by atoms with van der Waals surface area (Å²) < 4.78 is 10.9. The van der Waals surface area contributed by atoms with E-state index in [1.54, 1.807) is 13.3 Å². The zero-order valence-corrected chi connectivity index (χ0v) is 11.1. The van der Waals surface area contributed by atoms with Crippen LogP contribution in [-0.4, -0.2) is 31.3 Å². The van der Waals surface area contributed by atoms with E-state index < -0.39 is 0 Å². The second-order valence-electron chi connectivity index (χ2n) is 4.59. The van der Waals surface area contributed by atoms with Crippen LogP contribution in [0.1, 0.15) is 25.8 Å². The third-order valence-electron chi connectivity index (χ3n) is 2.69. The lowest BCUT2D eigenvalue weighted by molar-refractivity contribution is 0.00508. The first-order valence-electron chi connectivity index (χ1n) is 5.85. The standard InChI is InChI=1S/C13H22N2O2/c1-13(2,16-4)6-8-17-12-9-11(10-14-3)5-7-15-12/h5,7,9,14H,6,8,10H2,1-4H3. The van der Waals surface area contributed by atoms with Crippen molar-refractivity contribution < 1.29 is 9.47 Å². The largest absolute Gasteiger partial charge is 0.478 e. The maximum absolute atomic E-state index is 5.61. The highest BCUT2D eigenvalue weighted by atomic mass is 16.5. The summed E-state index contributed by atoms with van der Waals surface area (Å²) in [6, 6.07) is 3.93. The Hall–Kier alpha value is -1.13. The van der Waals surface area contributed by atoms with Crippen LogP contribution >= 0.6 is 0 Å². The highest BCUT2D eigenvalue weighted by Gasteiger charge is 2.16. The van der Waals surface area contributed by atoms with Gasteiger partial charge in [0.05, 0.1) is 12.2 Å². The number of methoxy groups -OCH3 is 1. The first-order chi connectivity index (χ1) is 8.07. The van der Waals surface area contributed by atoms with E-state index >= 15 is 0 Å². The van der Waals surface area contributed by atoms with Crippen LogP contribution in [0.15, 0.2) is 18.3 Å². The van der Waals surface area contributed by atoms with Gasteiger partial charge in [0.2, 0.25) is 5.88 Å². The highest BCUT2D eigenvalue weighted by Crippen LogP contribution is 2.15. The molecule has 1 heterocycles. The molecule has 1 aromatic heterocycles. The third kappa shape index (κ3) is 5.15. The number of hydrogen-bond acceptors (Lipinski definition) is 4. The molecule has 0 aliphatic heterocycles. The van der Waals surface area contributed by atoms with Gasteiger partial charge in [0, 0.05) is 32.3 Å². The molecule has 96 valence electrons. The van der Waals surface area contributed by atoms with Crippen molar-refractivity contribution in [3.05, 3.63) is 23.9 Å². The lowest BCUT2D eigenvalue weighted by Gasteiger charge is -2.22. The van der Waals surface area contributed by atoms with Gasteiger partial charge in [-0.05, 0) is 32.5 Å². The monoisotopic (exact) mass is 238 g/mol. The first kappa shape index (κ1) is 13.9. The van der Waals surface area contributed by atoms with E-state index in [4.69, 9.17) is 9.47 Å². The molecular formula is C13H22N2O2. The van der Waals surface area contributed by atoms with Crippen LogP contribution in [0.4, 0.5) is 0 Å². The molecule has 0 aliphatic carbocycles. The molecule has 1 aromatic rings. The summed E-state index contributed by atoms with van der Waals surface area (Å²) >= 11 is 0. The van der Waals surface area contributed by atoms with Crippen molar-refractivity contribution in [1.29, 1.82) is 0 Å². The molecule has 0 aromatic carbocycles. The molecule has 0 aliphatic rings. The Kier molecular flexibility index (Phi) is 5.38. The van der Waals surface area contributed by atoms with Crippen LogP contribution in [0.5, 0.6) is 5.88 Å². The van der Waals surface area contributed by atoms with Gasteiger partial charge >= 0.3 is 0 Å². The van der Waals surface area contributed by atoms with E-state index in [2.05, 4.69) is 10.3 Å². The van der Waals surface area contributed by atoms with Gasteiger partial charge in [-0.1, -0.05) is 0 Å². The van der Waals surface area contributed by atoms with Crippen LogP contribution < -0.4 is 10.1 Å². The zero-order chi connectivity index (χ0) is 12.7. The maximum Gasteiger partial charge on any atom is 0.213 e. The minimum absolute atomic E-state index is 0.150. The van der Waals surface area contributed by atoms with Crippen molar-refractivity contribution in [3.8, 4) is 5.88 Å². The van der Waals surface area contributed by atoms with Gasteiger partial charge in [0.15, 0.2) is 0 Å². The molecule has 0 atom stereocenters. The van der Waals surface area contributed by atoms with Gasteiger partial charge < -0.3 is 14.8 Å².